The lowest BCUT2D eigenvalue weighted by atomic mass is 10.1. The van der Waals surface area contributed by atoms with Gasteiger partial charge in [-0.3, -0.25) is 4.57 Å². The molecule has 4 atom stereocenters. The van der Waals surface area contributed by atoms with E-state index in [1.165, 1.54) is 17.2 Å². The average molecular weight is 309 g/mol. The van der Waals surface area contributed by atoms with E-state index in [1.54, 1.807) is 6.92 Å². The van der Waals surface area contributed by atoms with Crippen LogP contribution in [0.3, 0.4) is 0 Å². The van der Waals surface area contributed by atoms with Crippen molar-refractivity contribution >= 4 is 11.2 Å². The molecule has 116 valence electrons. The van der Waals surface area contributed by atoms with Crippen molar-refractivity contribution in [3.05, 3.63) is 28.8 Å². The van der Waals surface area contributed by atoms with Gasteiger partial charge >= 0.3 is 0 Å². The Bertz CT molecular complexity index is 761. The van der Waals surface area contributed by atoms with Gasteiger partial charge in [0, 0.05) is 4.91 Å². The minimum absolute atomic E-state index is 0.307. The van der Waals surface area contributed by atoms with Crippen molar-refractivity contribution in [1.82, 2.24) is 19.5 Å². The lowest BCUT2D eigenvalue weighted by molar-refractivity contribution is -0.122. The van der Waals surface area contributed by atoms with Crippen molar-refractivity contribution in [2.75, 3.05) is 6.61 Å². The molecular weight excluding hydrogens is 297 g/mol. The van der Waals surface area contributed by atoms with Crippen LogP contribution < -0.4 is 0 Å². The lowest BCUT2D eigenvalue weighted by Crippen LogP contribution is -2.43. The number of rotatable bonds is 3. The van der Waals surface area contributed by atoms with Crippen LogP contribution in [0, 0.1) is 6.92 Å². The van der Waals surface area contributed by atoms with Crippen molar-refractivity contribution in [3.8, 4) is 0 Å². The fourth-order valence-electron chi connectivity index (χ4n) is 2.43. The summed E-state index contributed by atoms with van der Waals surface area (Å²) >= 11 is 0. The maximum absolute atomic E-state index is 14.4. The molecule has 1 aliphatic heterocycles. The van der Waals surface area contributed by atoms with Crippen LogP contribution in [0.15, 0.2) is 17.8 Å². The number of halogens is 1. The Morgan fingerprint density at radius 2 is 2.32 bits per heavy atom. The molecule has 0 spiro atoms. The van der Waals surface area contributed by atoms with Gasteiger partial charge in [-0.05, 0) is 12.5 Å². The first kappa shape index (κ1) is 14.6. The number of aliphatic hydroxyl groups excluding tert-OH is 2. The summed E-state index contributed by atoms with van der Waals surface area (Å²) in [6, 6.07) is 0. The maximum atomic E-state index is 14.4. The highest BCUT2D eigenvalue weighted by Gasteiger charge is 2.56. The molecule has 22 heavy (non-hydrogen) atoms. The second-order valence-corrected chi connectivity index (χ2v) is 4.87. The van der Waals surface area contributed by atoms with Crippen molar-refractivity contribution in [2.24, 2.45) is 5.11 Å². The highest BCUT2D eigenvalue weighted by atomic mass is 19.1. The summed E-state index contributed by atoms with van der Waals surface area (Å²) < 4.78 is 21.0. The Balaban J connectivity index is 2.08. The lowest BCUT2D eigenvalue weighted by Gasteiger charge is -2.23. The van der Waals surface area contributed by atoms with Gasteiger partial charge in [-0.2, -0.15) is 0 Å². The Kier molecular flexibility index (Phi) is 3.41. The first-order valence-electron chi connectivity index (χ1n) is 6.35. The largest absolute Gasteiger partial charge is 0.393 e. The standard InChI is InChI=1S/C11H12FN7O3/c1-5-7-9(15-3-14-5)19(4-16-7)10-6(12)8(21)11(2-20,22-10)17-18-13/h3-4,6,8,10,20-21H,2H2,1H3/t6-,8+,10-,11-/m1/s1. The van der Waals surface area contributed by atoms with Gasteiger partial charge in [0.2, 0.25) is 5.72 Å². The number of hydrogen-bond acceptors (Lipinski definition) is 7. The zero-order valence-corrected chi connectivity index (χ0v) is 11.4. The van der Waals surface area contributed by atoms with E-state index in [0.717, 1.165) is 0 Å². The summed E-state index contributed by atoms with van der Waals surface area (Å²) in [5.74, 6) is 0. The van der Waals surface area contributed by atoms with Crippen LogP contribution in [0.2, 0.25) is 0 Å². The van der Waals surface area contributed by atoms with Crippen LogP contribution >= 0.6 is 0 Å². The Hall–Kier alpha value is -2.33. The second kappa shape index (κ2) is 5.14. The SMILES string of the molecule is Cc1ncnc2c1ncn2[C@@H]1O[C@@](CO)(N=[N+]=[N-])[C@@H](O)[C@H]1F. The highest BCUT2D eigenvalue weighted by Crippen LogP contribution is 2.40. The van der Waals surface area contributed by atoms with Crippen molar-refractivity contribution < 1.29 is 19.3 Å². The molecule has 1 saturated heterocycles. The molecule has 3 heterocycles. The summed E-state index contributed by atoms with van der Waals surface area (Å²) in [5.41, 5.74) is 7.82. The predicted molar refractivity (Wildman–Crippen MR) is 70.0 cm³/mol. The third kappa shape index (κ3) is 1.91. The molecule has 2 aromatic rings. The molecule has 0 radical (unpaired) electrons. The molecule has 3 rings (SSSR count). The highest BCUT2D eigenvalue weighted by molar-refractivity contribution is 5.72. The Labute approximate surface area is 122 Å². The number of alkyl halides is 1. The van der Waals surface area contributed by atoms with Crippen LogP contribution in [-0.4, -0.2) is 54.3 Å². The van der Waals surface area contributed by atoms with E-state index < -0.39 is 30.8 Å². The fourth-order valence-corrected chi connectivity index (χ4v) is 2.43. The van der Waals surface area contributed by atoms with E-state index >= 15 is 0 Å². The molecule has 0 aromatic carbocycles. The van der Waals surface area contributed by atoms with E-state index in [9.17, 15) is 14.6 Å². The zero-order chi connectivity index (χ0) is 15.9. The summed E-state index contributed by atoms with van der Waals surface area (Å²) in [7, 11) is 0. The van der Waals surface area contributed by atoms with Gasteiger partial charge in [-0.15, -0.1) is 0 Å². The molecule has 0 bridgehead atoms. The monoisotopic (exact) mass is 309 g/mol. The molecule has 11 heteroatoms. The molecule has 10 nitrogen and oxygen atoms in total. The maximum Gasteiger partial charge on any atom is 0.201 e. The quantitative estimate of drug-likeness (QED) is 0.476. The number of aliphatic hydroxyl groups is 2. The zero-order valence-electron chi connectivity index (χ0n) is 11.4. The van der Waals surface area contributed by atoms with Gasteiger partial charge in [-0.1, -0.05) is 5.11 Å². The number of aryl methyl sites for hydroxylation is 1. The molecular formula is C11H12FN7O3. The van der Waals surface area contributed by atoms with Gasteiger partial charge in [0.1, 0.15) is 17.9 Å². The fraction of sp³-hybridized carbons (Fsp3) is 0.545. The van der Waals surface area contributed by atoms with Crippen molar-refractivity contribution in [3.63, 3.8) is 0 Å². The minimum atomic E-state index is -2.09. The van der Waals surface area contributed by atoms with Gasteiger partial charge in [0.15, 0.2) is 18.0 Å². The molecule has 0 amide bonds. The van der Waals surface area contributed by atoms with E-state index in [2.05, 4.69) is 25.0 Å². The predicted octanol–water partition coefficient (Wildman–Crippen LogP) is 0.361. The number of imidazole rings is 1. The molecule has 2 N–H and O–H groups in total. The number of azide groups is 1. The number of ether oxygens (including phenoxy) is 1. The third-order valence-electron chi connectivity index (χ3n) is 3.62. The van der Waals surface area contributed by atoms with E-state index in [-0.39, 0.29) is 0 Å². The normalized spacial score (nSPS) is 31.4. The average Bonchev–Trinajstić information content (AvgIpc) is 3.04. The van der Waals surface area contributed by atoms with E-state index in [1.807, 2.05) is 0 Å². The van der Waals surface area contributed by atoms with E-state index in [4.69, 9.17) is 10.3 Å². The number of fused-ring (bicyclic) bond motifs is 1. The smallest absolute Gasteiger partial charge is 0.201 e. The molecule has 2 aromatic heterocycles. The van der Waals surface area contributed by atoms with Gasteiger partial charge in [-0.25, -0.2) is 19.3 Å². The molecule has 1 aliphatic rings. The Morgan fingerprint density at radius 1 is 1.55 bits per heavy atom. The van der Waals surface area contributed by atoms with Crippen LogP contribution in [0.25, 0.3) is 21.6 Å². The Morgan fingerprint density at radius 3 is 3.00 bits per heavy atom. The number of aromatic nitrogens is 4. The van der Waals surface area contributed by atoms with Gasteiger partial charge < -0.3 is 14.9 Å². The molecule has 0 aliphatic carbocycles. The van der Waals surface area contributed by atoms with E-state index in [0.29, 0.717) is 16.9 Å². The summed E-state index contributed by atoms with van der Waals surface area (Å²) in [6.45, 7) is 0.854. The summed E-state index contributed by atoms with van der Waals surface area (Å²) in [4.78, 5) is 14.6. The van der Waals surface area contributed by atoms with Crippen LogP contribution in [0.4, 0.5) is 4.39 Å². The summed E-state index contributed by atoms with van der Waals surface area (Å²) in [5, 5.41) is 22.5. The first-order valence-corrected chi connectivity index (χ1v) is 6.35. The van der Waals surface area contributed by atoms with Gasteiger partial charge in [0.05, 0.1) is 18.6 Å². The minimum Gasteiger partial charge on any atom is -0.393 e. The topological polar surface area (TPSA) is 142 Å². The second-order valence-electron chi connectivity index (χ2n) is 4.87. The number of hydrogen-bond donors (Lipinski definition) is 2. The first-order chi connectivity index (χ1) is 10.5. The van der Waals surface area contributed by atoms with Gasteiger partial charge in [0.25, 0.3) is 0 Å². The van der Waals surface area contributed by atoms with Crippen LogP contribution in [0.5, 0.6) is 0 Å². The molecule has 0 unspecified atom stereocenters. The summed E-state index contributed by atoms with van der Waals surface area (Å²) in [6.07, 6.45) is -2.52. The molecule has 0 saturated carbocycles. The van der Waals surface area contributed by atoms with Crippen molar-refractivity contribution in [2.45, 2.75) is 31.2 Å². The van der Waals surface area contributed by atoms with Crippen LogP contribution in [0.1, 0.15) is 11.9 Å². The van der Waals surface area contributed by atoms with Crippen molar-refractivity contribution in [1.29, 1.82) is 0 Å². The number of nitrogens with zero attached hydrogens (tertiary/aromatic N) is 7. The molecule has 1 fully saturated rings. The third-order valence-corrected chi connectivity index (χ3v) is 3.62. The van der Waals surface area contributed by atoms with Crippen LogP contribution in [-0.2, 0) is 4.74 Å².